The molecule has 1 heterocycles. The zero-order chi connectivity index (χ0) is 17.7. The number of nitrogens with zero attached hydrogens (tertiary/aromatic N) is 3. The standard InChI is InChI=1S/C16H15F3N4O/c1-11-8-14(16(17,18)19)22-23(11)7-3-6-21-15(24)13-5-2-4-12(9-13)10-20/h2,4-5,8-9H,3,6-7H2,1H3,(H,21,24). The van der Waals surface area contributed by atoms with Crippen molar-refractivity contribution in [3.05, 3.63) is 52.8 Å². The van der Waals surface area contributed by atoms with Crippen LogP contribution in [0.15, 0.2) is 30.3 Å². The van der Waals surface area contributed by atoms with Crippen LogP contribution in [0.4, 0.5) is 13.2 Å². The van der Waals surface area contributed by atoms with Crippen LogP contribution in [0.1, 0.15) is 33.7 Å². The highest BCUT2D eigenvalue weighted by molar-refractivity contribution is 5.94. The average molecular weight is 336 g/mol. The third-order valence-corrected chi connectivity index (χ3v) is 3.36. The molecule has 1 aromatic heterocycles. The molecule has 0 radical (unpaired) electrons. The topological polar surface area (TPSA) is 70.7 Å². The van der Waals surface area contributed by atoms with Crippen LogP contribution in [0.2, 0.25) is 0 Å². The van der Waals surface area contributed by atoms with E-state index < -0.39 is 11.9 Å². The van der Waals surface area contributed by atoms with Crippen LogP contribution in [0, 0.1) is 18.3 Å². The first-order chi connectivity index (χ1) is 11.3. The fraction of sp³-hybridized carbons (Fsp3) is 0.312. The first-order valence-corrected chi connectivity index (χ1v) is 7.21. The molecule has 1 aromatic carbocycles. The Hall–Kier alpha value is -2.82. The van der Waals surface area contributed by atoms with Crippen molar-refractivity contribution in [1.29, 1.82) is 5.26 Å². The van der Waals surface area contributed by atoms with E-state index >= 15 is 0 Å². The lowest BCUT2D eigenvalue weighted by atomic mass is 10.1. The summed E-state index contributed by atoms with van der Waals surface area (Å²) < 4.78 is 39.0. The van der Waals surface area contributed by atoms with Crippen LogP contribution >= 0.6 is 0 Å². The maximum atomic E-state index is 12.6. The van der Waals surface area contributed by atoms with Crippen molar-refractivity contribution >= 4 is 5.91 Å². The van der Waals surface area contributed by atoms with Crippen LogP contribution in [-0.2, 0) is 12.7 Å². The van der Waals surface area contributed by atoms with Crippen molar-refractivity contribution in [3.63, 3.8) is 0 Å². The number of hydrogen-bond acceptors (Lipinski definition) is 3. The van der Waals surface area contributed by atoms with Crippen LogP contribution in [0.5, 0.6) is 0 Å². The number of carbonyl (C=O) groups excluding carboxylic acids is 1. The number of carbonyl (C=O) groups is 1. The summed E-state index contributed by atoms with van der Waals surface area (Å²) in [5.74, 6) is -0.333. The van der Waals surface area contributed by atoms with Gasteiger partial charge < -0.3 is 5.32 Å². The Labute approximate surface area is 136 Å². The lowest BCUT2D eigenvalue weighted by Crippen LogP contribution is -2.25. The second-order valence-electron chi connectivity index (χ2n) is 5.19. The number of hydrogen-bond donors (Lipinski definition) is 1. The van der Waals surface area contributed by atoms with Crippen LogP contribution < -0.4 is 5.32 Å². The molecule has 1 N–H and O–H groups in total. The molecule has 0 saturated carbocycles. The van der Waals surface area contributed by atoms with Crippen molar-refractivity contribution in [1.82, 2.24) is 15.1 Å². The molecule has 0 spiro atoms. The van der Waals surface area contributed by atoms with Crippen molar-refractivity contribution in [3.8, 4) is 6.07 Å². The van der Waals surface area contributed by atoms with E-state index in [0.717, 1.165) is 6.07 Å². The lowest BCUT2D eigenvalue weighted by Gasteiger charge is -2.07. The number of alkyl halides is 3. The maximum Gasteiger partial charge on any atom is 0.435 e. The molecular weight excluding hydrogens is 321 g/mol. The molecule has 2 aromatic rings. The van der Waals surface area contributed by atoms with Gasteiger partial charge in [0.15, 0.2) is 5.69 Å². The van der Waals surface area contributed by atoms with Crippen molar-refractivity contribution in [2.75, 3.05) is 6.54 Å². The highest BCUT2D eigenvalue weighted by Crippen LogP contribution is 2.28. The zero-order valence-electron chi connectivity index (χ0n) is 12.9. The molecule has 126 valence electrons. The molecule has 0 aliphatic carbocycles. The highest BCUT2D eigenvalue weighted by Gasteiger charge is 2.34. The minimum Gasteiger partial charge on any atom is -0.352 e. The van der Waals surface area contributed by atoms with Gasteiger partial charge in [0, 0.05) is 24.3 Å². The minimum atomic E-state index is -4.46. The van der Waals surface area contributed by atoms with E-state index in [2.05, 4.69) is 10.4 Å². The Kier molecular flexibility index (Phi) is 5.24. The van der Waals surface area contributed by atoms with E-state index in [4.69, 9.17) is 5.26 Å². The van der Waals surface area contributed by atoms with Gasteiger partial charge in [0.05, 0.1) is 11.6 Å². The molecule has 8 heteroatoms. The van der Waals surface area contributed by atoms with E-state index in [0.29, 0.717) is 23.2 Å². The van der Waals surface area contributed by atoms with Gasteiger partial charge in [-0.25, -0.2) is 0 Å². The summed E-state index contributed by atoms with van der Waals surface area (Å²) in [5, 5.41) is 15.0. The minimum absolute atomic E-state index is 0.264. The van der Waals surface area contributed by atoms with E-state index in [9.17, 15) is 18.0 Å². The normalized spacial score (nSPS) is 11.1. The summed E-state index contributed by atoms with van der Waals surface area (Å²) in [6.45, 7) is 2.10. The summed E-state index contributed by atoms with van der Waals surface area (Å²) >= 11 is 0. The monoisotopic (exact) mass is 336 g/mol. The van der Waals surface area contributed by atoms with Gasteiger partial charge in [-0.15, -0.1) is 0 Å². The Balaban J connectivity index is 1.86. The summed E-state index contributed by atoms with van der Waals surface area (Å²) in [6.07, 6.45) is -4.03. The fourth-order valence-electron chi connectivity index (χ4n) is 2.14. The molecule has 0 aliphatic heterocycles. The van der Waals surface area contributed by atoms with Crippen molar-refractivity contribution in [2.45, 2.75) is 26.1 Å². The highest BCUT2D eigenvalue weighted by atomic mass is 19.4. The van der Waals surface area contributed by atoms with Gasteiger partial charge in [-0.2, -0.15) is 23.5 Å². The van der Waals surface area contributed by atoms with E-state index in [-0.39, 0.29) is 19.0 Å². The van der Waals surface area contributed by atoms with Crippen molar-refractivity contribution < 1.29 is 18.0 Å². The van der Waals surface area contributed by atoms with Crippen molar-refractivity contribution in [2.24, 2.45) is 0 Å². The number of benzene rings is 1. The second-order valence-corrected chi connectivity index (χ2v) is 5.19. The predicted octanol–water partition coefficient (Wildman–Crippen LogP) is 2.90. The molecule has 0 unspecified atom stereocenters. The first kappa shape index (κ1) is 17.5. The summed E-state index contributed by atoms with van der Waals surface area (Å²) in [6, 6.07) is 9.20. The zero-order valence-corrected chi connectivity index (χ0v) is 12.9. The molecule has 0 fully saturated rings. The number of halogens is 3. The number of amides is 1. The second kappa shape index (κ2) is 7.17. The third-order valence-electron chi connectivity index (χ3n) is 3.36. The molecule has 0 atom stereocenters. The SMILES string of the molecule is Cc1cc(C(F)(F)F)nn1CCCNC(=O)c1cccc(C#N)c1. The largest absolute Gasteiger partial charge is 0.435 e. The number of aryl methyl sites for hydroxylation is 2. The quantitative estimate of drug-likeness (QED) is 0.854. The van der Waals surface area contributed by atoms with E-state index in [1.807, 2.05) is 6.07 Å². The smallest absolute Gasteiger partial charge is 0.352 e. The van der Waals surface area contributed by atoms with Gasteiger partial charge >= 0.3 is 6.18 Å². The van der Waals surface area contributed by atoms with Gasteiger partial charge in [-0.05, 0) is 37.6 Å². The predicted molar refractivity (Wildman–Crippen MR) is 80.1 cm³/mol. The van der Waals surface area contributed by atoms with Gasteiger partial charge in [-0.3, -0.25) is 9.48 Å². The van der Waals surface area contributed by atoms with Gasteiger partial charge in [0.1, 0.15) is 0 Å². The van der Waals surface area contributed by atoms with Gasteiger partial charge in [0.2, 0.25) is 0 Å². The fourth-order valence-corrected chi connectivity index (χ4v) is 2.14. The van der Waals surface area contributed by atoms with Crippen LogP contribution in [-0.4, -0.2) is 22.2 Å². The van der Waals surface area contributed by atoms with E-state index in [1.165, 1.54) is 10.7 Å². The molecule has 5 nitrogen and oxygen atoms in total. The molecule has 24 heavy (non-hydrogen) atoms. The summed E-state index contributed by atoms with van der Waals surface area (Å²) in [4.78, 5) is 11.9. The summed E-state index contributed by atoms with van der Waals surface area (Å²) in [5.41, 5.74) is 0.242. The number of nitriles is 1. The number of aromatic nitrogens is 2. The maximum absolute atomic E-state index is 12.6. The third kappa shape index (κ3) is 4.35. The van der Waals surface area contributed by atoms with Crippen LogP contribution in [0.3, 0.4) is 0 Å². The Bertz CT molecular complexity index is 774. The molecule has 0 bridgehead atoms. The number of rotatable bonds is 5. The molecule has 0 aliphatic rings. The summed E-state index contributed by atoms with van der Waals surface area (Å²) in [7, 11) is 0. The molecular formula is C16H15F3N4O. The Morgan fingerprint density at radius 3 is 2.75 bits per heavy atom. The van der Waals surface area contributed by atoms with Gasteiger partial charge in [-0.1, -0.05) is 6.07 Å². The average Bonchev–Trinajstić information content (AvgIpc) is 2.92. The van der Waals surface area contributed by atoms with Gasteiger partial charge in [0.25, 0.3) is 5.91 Å². The van der Waals surface area contributed by atoms with E-state index in [1.54, 1.807) is 25.1 Å². The first-order valence-electron chi connectivity index (χ1n) is 7.21. The molecule has 0 saturated heterocycles. The molecule has 2 rings (SSSR count). The Morgan fingerprint density at radius 1 is 1.38 bits per heavy atom. The number of nitrogens with one attached hydrogen (secondary N) is 1. The molecule has 1 amide bonds. The van der Waals surface area contributed by atoms with Crippen LogP contribution in [0.25, 0.3) is 0 Å². The Morgan fingerprint density at radius 2 is 2.12 bits per heavy atom. The lowest BCUT2D eigenvalue weighted by molar-refractivity contribution is -0.141.